The summed E-state index contributed by atoms with van der Waals surface area (Å²) in [5.74, 6) is -0.748. The first kappa shape index (κ1) is 22.9. The minimum Gasteiger partial charge on any atom is -0.478 e. The average molecular weight is 501 g/mol. The zero-order valence-corrected chi connectivity index (χ0v) is 18.9. The first-order chi connectivity index (χ1) is 16.5. The van der Waals surface area contributed by atoms with Crippen molar-refractivity contribution in [3.63, 3.8) is 0 Å². The summed E-state index contributed by atoms with van der Waals surface area (Å²) in [6.07, 6.45) is -2.33. The van der Waals surface area contributed by atoms with Gasteiger partial charge in [0.15, 0.2) is 0 Å². The lowest BCUT2D eigenvalue weighted by Gasteiger charge is -2.09. The lowest BCUT2D eigenvalue weighted by molar-refractivity contribution is -0.137. The molecule has 0 saturated heterocycles. The molecule has 2 aromatic carbocycles. The number of hydrogen-bond donors (Lipinski definition) is 1. The zero-order valence-electron chi connectivity index (χ0n) is 18.1. The van der Waals surface area contributed by atoms with Crippen LogP contribution >= 0.6 is 11.6 Å². The molecule has 1 aliphatic heterocycles. The molecule has 3 heterocycles. The van der Waals surface area contributed by atoms with Crippen molar-refractivity contribution in [3.05, 3.63) is 86.2 Å². The van der Waals surface area contributed by atoms with Gasteiger partial charge in [-0.15, -0.1) is 0 Å². The molecule has 1 aliphatic rings. The van der Waals surface area contributed by atoms with Gasteiger partial charge in [0.25, 0.3) is 5.56 Å². The molecule has 0 radical (unpaired) electrons. The second kappa shape index (κ2) is 8.09. The highest BCUT2D eigenvalue weighted by Gasteiger charge is 2.31. The third-order valence-electron chi connectivity index (χ3n) is 5.88. The summed E-state index contributed by atoms with van der Waals surface area (Å²) in [7, 11) is 0. The van der Waals surface area contributed by atoms with E-state index in [9.17, 15) is 27.9 Å². The Labute approximate surface area is 200 Å². The zero-order chi connectivity index (χ0) is 25.1. The van der Waals surface area contributed by atoms with E-state index >= 15 is 0 Å². The predicted molar refractivity (Wildman–Crippen MR) is 124 cm³/mol. The summed E-state index contributed by atoms with van der Waals surface area (Å²) in [4.78, 5) is 28.8. The topological polar surface area (TPSA) is 90.0 Å². The fourth-order valence-corrected chi connectivity index (χ4v) is 4.45. The van der Waals surface area contributed by atoms with Gasteiger partial charge in [0.2, 0.25) is 0 Å². The largest absolute Gasteiger partial charge is 0.478 e. The maximum Gasteiger partial charge on any atom is 0.416 e. The van der Waals surface area contributed by atoms with Gasteiger partial charge in [0, 0.05) is 12.1 Å². The molecule has 1 N–H and O–H groups in total. The first-order valence-corrected chi connectivity index (χ1v) is 10.8. The number of nitrogens with zero attached hydrogens (tertiary/aromatic N) is 4. The molecule has 7 nitrogen and oxygen atoms in total. The lowest BCUT2D eigenvalue weighted by atomic mass is 10.1. The van der Waals surface area contributed by atoms with Gasteiger partial charge in [0.1, 0.15) is 11.0 Å². The van der Waals surface area contributed by atoms with E-state index in [-0.39, 0.29) is 27.5 Å². The Morgan fingerprint density at radius 3 is 2.69 bits per heavy atom. The number of halogens is 4. The molecular formula is C24H16ClF3N4O3. The van der Waals surface area contributed by atoms with Gasteiger partial charge in [0.05, 0.1) is 33.4 Å². The summed E-state index contributed by atoms with van der Waals surface area (Å²) >= 11 is 6.54. The molecule has 11 heteroatoms. The van der Waals surface area contributed by atoms with Gasteiger partial charge >= 0.3 is 12.1 Å². The van der Waals surface area contributed by atoms with E-state index in [1.807, 2.05) is 0 Å². The van der Waals surface area contributed by atoms with Crippen LogP contribution in [0.15, 0.2) is 47.3 Å². The number of aromatic nitrogens is 4. The van der Waals surface area contributed by atoms with Gasteiger partial charge in [-0.05, 0) is 61.4 Å². The van der Waals surface area contributed by atoms with Gasteiger partial charge in [-0.1, -0.05) is 17.7 Å². The van der Waals surface area contributed by atoms with E-state index in [4.69, 9.17) is 11.6 Å². The average Bonchev–Trinajstić information content (AvgIpc) is 3.34. The predicted octanol–water partition coefficient (Wildman–Crippen LogP) is 5.21. The minimum absolute atomic E-state index is 0.0131. The fraction of sp³-hybridized carbons (Fsp3) is 0.167. The Morgan fingerprint density at radius 1 is 1.20 bits per heavy atom. The second-order valence-electron chi connectivity index (χ2n) is 8.10. The van der Waals surface area contributed by atoms with E-state index in [0.717, 1.165) is 12.1 Å². The molecular weight excluding hydrogens is 485 g/mol. The summed E-state index contributed by atoms with van der Waals surface area (Å²) in [5.41, 5.74) is 0.975. The molecule has 0 saturated carbocycles. The molecule has 35 heavy (non-hydrogen) atoms. The highest BCUT2D eigenvalue weighted by atomic mass is 35.5. The molecule has 0 bridgehead atoms. The van der Waals surface area contributed by atoms with Gasteiger partial charge in [-0.25, -0.2) is 14.5 Å². The molecule has 5 rings (SSSR count). The molecule has 178 valence electrons. The van der Waals surface area contributed by atoms with Crippen molar-refractivity contribution in [1.82, 2.24) is 19.3 Å². The van der Waals surface area contributed by atoms with E-state index < -0.39 is 17.7 Å². The summed E-state index contributed by atoms with van der Waals surface area (Å²) in [6, 6.07) is 8.84. The number of carboxylic acids is 1. The fourth-order valence-electron chi connectivity index (χ4n) is 4.12. The summed E-state index contributed by atoms with van der Waals surface area (Å²) in [6.45, 7) is 2.05. The van der Waals surface area contributed by atoms with E-state index in [1.54, 1.807) is 13.0 Å². The number of carboxylic acid groups (broad SMARTS) is 1. The molecule has 0 atom stereocenters. The molecule has 0 unspecified atom stereocenters. The van der Waals surface area contributed by atoms with Crippen molar-refractivity contribution in [1.29, 1.82) is 0 Å². The smallest absolute Gasteiger partial charge is 0.416 e. The number of alkyl halides is 3. The van der Waals surface area contributed by atoms with Crippen LogP contribution in [0.5, 0.6) is 0 Å². The van der Waals surface area contributed by atoms with Gasteiger partial charge in [-0.3, -0.25) is 9.36 Å². The maximum absolute atomic E-state index is 13.2. The molecule has 0 fully saturated rings. The number of aryl methyl sites for hydroxylation is 1. The van der Waals surface area contributed by atoms with Crippen LogP contribution in [0.2, 0.25) is 5.15 Å². The van der Waals surface area contributed by atoms with Crippen LogP contribution in [0.4, 0.5) is 13.2 Å². The highest BCUT2D eigenvalue weighted by Crippen LogP contribution is 2.34. The van der Waals surface area contributed by atoms with Crippen molar-refractivity contribution in [2.24, 2.45) is 0 Å². The Bertz CT molecular complexity index is 1620. The van der Waals surface area contributed by atoms with E-state index in [0.29, 0.717) is 41.0 Å². The van der Waals surface area contributed by atoms with Crippen molar-refractivity contribution in [2.75, 3.05) is 0 Å². The summed E-state index contributed by atoms with van der Waals surface area (Å²) in [5, 5.41) is 14.0. The normalized spacial score (nSPS) is 14.6. The second-order valence-corrected chi connectivity index (χ2v) is 8.46. The quantitative estimate of drug-likeness (QED) is 0.417. The third-order valence-corrected chi connectivity index (χ3v) is 6.24. The number of hydrogen-bond acceptors (Lipinski definition) is 4. The number of carbonyl (C=O) groups is 1. The number of fused-ring (bicyclic) bond motifs is 2. The van der Waals surface area contributed by atoms with E-state index in [1.165, 1.54) is 39.6 Å². The lowest BCUT2D eigenvalue weighted by Crippen LogP contribution is -2.21. The van der Waals surface area contributed by atoms with Crippen LogP contribution in [0.25, 0.3) is 28.2 Å². The van der Waals surface area contributed by atoms with Crippen molar-refractivity contribution >= 4 is 40.1 Å². The van der Waals surface area contributed by atoms with Crippen molar-refractivity contribution < 1.29 is 23.1 Å². The Kier molecular flexibility index (Phi) is 5.28. The van der Waals surface area contributed by atoms with Gasteiger partial charge < -0.3 is 5.11 Å². The Morgan fingerprint density at radius 2 is 1.97 bits per heavy atom. The SMILES string of the molecule is Cc1nn(-c2cccc(C(F)(F)F)c2)c(Cl)c1C=C1CCn2c1nc1cc(C(=O)O)ccc1c2=O. The molecule has 0 aliphatic carbocycles. The van der Waals surface area contributed by atoms with Crippen LogP contribution in [0.3, 0.4) is 0 Å². The van der Waals surface area contributed by atoms with Crippen LogP contribution in [-0.2, 0) is 12.7 Å². The Balaban J connectivity index is 1.61. The number of rotatable bonds is 3. The van der Waals surface area contributed by atoms with Gasteiger partial charge in [-0.2, -0.15) is 18.3 Å². The van der Waals surface area contributed by atoms with Crippen molar-refractivity contribution in [2.45, 2.75) is 26.1 Å². The molecule has 4 aromatic rings. The molecule has 2 aromatic heterocycles. The summed E-state index contributed by atoms with van der Waals surface area (Å²) < 4.78 is 42.2. The molecule has 0 amide bonds. The Hall–Kier alpha value is -3.92. The standard InChI is InChI=1S/C24H16ClF3N4O3/c1-12-18(20(25)32(30-12)16-4-2-3-15(11-16)24(26,27)28)9-13-7-8-31-21(13)29-19-10-14(23(34)35)5-6-17(19)22(31)33/h2-6,9-11H,7-8H2,1H3,(H,34,35). The molecule has 0 spiro atoms. The van der Waals surface area contributed by atoms with E-state index in [2.05, 4.69) is 10.1 Å². The number of allylic oxidation sites excluding steroid dienone is 1. The third kappa shape index (κ3) is 3.89. The van der Waals surface area contributed by atoms with Crippen molar-refractivity contribution in [3.8, 4) is 5.69 Å². The van der Waals surface area contributed by atoms with Crippen LogP contribution in [0.1, 0.15) is 39.4 Å². The monoisotopic (exact) mass is 500 g/mol. The number of aromatic carboxylic acids is 1. The first-order valence-electron chi connectivity index (χ1n) is 10.5. The maximum atomic E-state index is 13.2. The highest BCUT2D eigenvalue weighted by molar-refractivity contribution is 6.31. The van der Waals surface area contributed by atoms with Crippen LogP contribution in [0, 0.1) is 6.92 Å². The number of benzene rings is 2. The van der Waals surface area contributed by atoms with Crippen LogP contribution in [-0.4, -0.2) is 30.4 Å². The van der Waals surface area contributed by atoms with Crippen LogP contribution < -0.4 is 5.56 Å². The minimum atomic E-state index is -4.51.